The largest absolute Gasteiger partial charge is 0.373 e. The maximum Gasteiger partial charge on any atom is 0.230 e. The molecule has 0 bridgehead atoms. The highest BCUT2D eigenvalue weighted by Gasteiger charge is 2.28. The molecule has 0 aromatic carbocycles. The monoisotopic (exact) mass is 422 g/mol. The average molecular weight is 423 g/mol. The Hall–Kier alpha value is -2.75. The Morgan fingerprint density at radius 2 is 2.03 bits per heavy atom. The predicted octanol–water partition coefficient (Wildman–Crippen LogP) is 2.16. The highest BCUT2D eigenvalue weighted by molar-refractivity contribution is 5.78. The molecule has 31 heavy (non-hydrogen) atoms. The molecular formula is C22H30N8O. The summed E-state index contributed by atoms with van der Waals surface area (Å²) in [6.07, 6.45) is 4.03. The Balaban J connectivity index is 1.41. The number of nitrogens with zero attached hydrogens (tertiary/aromatic N) is 5. The lowest BCUT2D eigenvalue weighted by Gasteiger charge is -2.31. The number of hydrogen-bond acceptors (Lipinski definition) is 8. The summed E-state index contributed by atoms with van der Waals surface area (Å²) in [7, 11) is 0. The molecule has 0 spiro atoms. The fourth-order valence-corrected chi connectivity index (χ4v) is 4.54. The molecule has 2 atom stereocenters. The summed E-state index contributed by atoms with van der Waals surface area (Å²) in [5.41, 5.74) is 2.81. The van der Waals surface area contributed by atoms with E-state index >= 15 is 0 Å². The highest BCUT2D eigenvalue weighted by Crippen LogP contribution is 2.33. The number of pyridine rings is 1. The van der Waals surface area contributed by atoms with Crippen LogP contribution in [0.4, 0.5) is 17.5 Å². The van der Waals surface area contributed by atoms with Gasteiger partial charge >= 0.3 is 0 Å². The fraction of sp³-hybridized carbons (Fsp3) is 0.500. The van der Waals surface area contributed by atoms with E-state index in [0.29, 0.717) is 17.7 Å². The van der Waals surface area contributed by atoms with Gasteiger partial charge in [0.15, 0.2) is 0 Å². The number of piperazine rings is 1. The van der Waals surface area contributed by atoms with Crippen LogP contribution in [0.15, 0.2) is 30.6 Å². The molecule has 0 radical (unpaired) electrons. The van der Waals surface area contributed by atoms with E-state index in [1.807, 2.05) is 24.5 Å². The number of aromatic nitrogens is 4. The van der Waals surface area contributed by atoms with Crippen molar-refractivity contribution >= 4 is 28.5 Å². The van der Waals surface area contributed by atoms with Crippen LogP contribution >= 0.6 is 0 Å². The van der Waals surface area contributed by atoms with Crippen molar-refractivity contribution in [2.75, 3.05) is 42.9 Å². The van der Waals surface area contributed by atoms with Crippen LogP contribution in [0.3, 0.4) is 0 Å². The Labute approximate surface area is 181 Å². The van der Waals surface area contributed by atoms with Crippen molar-refractivity contribution in [3.05, 3.63) is 36.3 Å². The Morgan fingerprint density at radius 1 is 1.19 bits per heavy atom. The molecule has 3 aromatic heterocycles. The quantitative estimate of drug-likeness (QED) is 0.496. The van der Waals surface area contributed by atoms with E-state index < -0.39 is 6.23 Å². The van der Waals surface area contributed by atoms with Gasteiger partial charge in [-0.2, -0.15) is 4.98 Å². The van der Waals surface area contributed by atoms with E-state index in [9.17, 15) is 5.11 Å². The lowest BCUT2D eigenvalue weighted by atomic mass is 10.0. The third kappa shape index (κ3) is 4.08. The zero-order valence-electron chi connectivity index (χ0n) is 18.0. The second kappa shape index (κ2) is 8.41. The molecule has 2 aliphatic heterocycles. The summed E-state index contributed by atoms with van der Waals surface area (Å²) in [4.78, 5) is 16.2. The molecular weight excluding hydrogens is 392 g/mol. The molecule has 4 N–H and O–H groups in total. The van der Waals surface area contributed by atoms with Crippen molar-refractivity contribution in [3.63, 3.8) is 0 Å². The number of anilines is 3. The summed E-state index contributed by atoms with van der Waals surface area (Å²) in [6, 6.07) is 6.27. The third-order valence-electron chi connectivity index (χ3n) is 6.01. The van der Waals surface area contributed by atoms with Crippen molar-refractivity contribution in [1.29, 1.82) is 0 Å². The standard InChI is InChI=1S/C22H30N8O/c1-14(2)9-17-13-25-21(31)18-10-15-11-26-22(28-20(15)30(17)18)27-19-4-3-16(12-24-19)29-7-5-23-6-8-29/h3-4,10-12,14,17,21,23,25,31H,5-9,13H2,1-2H3,(H,24,26,27,28). The Bertz CT molecular complexity index is 1040. The fourth-order valence-electron chi connectivity index (χ4n) is 4.54. The van der Waals surface area contributed by atoms with Crippen LogP contribution in [0.1, 0.15) is 38.2 Å². The molecule has 2 unspecified atom stereocenters. The van der Waals surface area contributed by atoms with Gasteiger partial charge in [0.25, 0.3) is 0 Å². The summed E-state index contributed by atoms with van der Waals surface area (Å²) in [5.74, 6) is 1.77. The molecule has 2 aliphatic rings. The third-order valence-corrected chi connectivity index (χ3v) is 6.01. The first-order valence-electron chi connectivity index (χ1n) is 11.1. The van der Waals surface area contributed by atoms with Gasteiger partial charge in [-0.3, -0.25) is 5.32 Å². The molecule has 0 amide bonds. The molecule has 9 nitrogen and oxygen atoms in total. The lowest BCUT2D eigenvalue weighted by Crippen LogP contribution is -2.43. The first-order chi connectivity index (χ1) is 15.1. The van der Waals surface area contributed by atoms with Crippen LogP contribution in [0.25, 0.3) is 11.0 Å². The topological polar surface area (TPSA) is 103 Å². The normalized spacial score (nSPS) is 21.5. The number of aliphatic hydroxyl groups is 1. The molecule has 0 aliphatic carbocycles. The summed E-state index contributed by atoms with van der Waals surface area (Å²) in [5, 5.41) is 21.2. The van der Waals surface area contributed by atoms with Gasteiger partial charge in [0.1, 0.15) is 17.7 Å². The van der Waals surface area contributed by atoms with Crippen LogP contribution in [0, 0.1) is 5.92 Å². The van der Waals surface area contributed by atoms with Gasteiger partial charge in [0.2, 0.25) is 5.95 Å². The van der Waals surface area contributed by atoms with Crippen molar-refractivity contribution < 1.29 is 5.11 Å². The van der Waals surface area contributed by atoms with Crippen LogP contribution in [0.2, 0.25) is 0 Å². The number of nitrogens with one attached hydrogen (secondary N) is 3. The maximum atomic E-state index is 10.4. The van der Waals surface area contributed by atoms with Crippen molar-refractivity contribution in [1.82, 2.24) is 30.2 Å². The summed E-state index contributed by atoms with van der Waals surface area (Å²) >= 11 is 0. The smallest absolute Gasteiger partial charge is 0.230 e. The molecule has 5 rings (SSSR count). The molecule has 3 aromatic rings. The number of fused-ring (bicyclic) bond motifs is 3. The minimum Gasteiger partial charge on any atom is -0.373 e. The second-order valence-electron chi connectivity index (χ2n) is 8.77. The van der Waals surface area contributed by atoms with Gasteiger partial charge in [-0.25, -0.2) is 9.97 Å². The maximum absolute atomic E-state index is 10.4. The molecule has 9 heteroatoms. The molecule has 1 saturated heterocycles. The number of rotatable bonds is 5. The van der Waals surface area contributed by atoms with E-state index in [-0.39, 0.29) is 6.04 Å². The molecule has 1 fully saturated rings. The van der Waals surface area contributed by atoms with E-state index in [1.54, 1.807) is 0 Å². The Morgan fingerprint density at radius 3 is 2.77 bits per heavy atom. The van der Waals surface area contributed by atoms with Crippen molar-refractivity contribution in [3.8, 4) is 0 Å². The zero-order chi connectivity index (χ0) is 21.4. The lowest BCUT2D eigenvalue weighted by molar-refractivity contribution is 0.101. The zero-order valence-corrected chi connectivity index (χ0v) is 18.0. The van der Waals surface area contributed by atoms with Gasteiger partial charge in [0, 0.05) is 50.3 Å². The van der Waals surface area contributed by atoms with Crippen LogP contribution in [-0.2, 0) is 0 Å². The minimum atomic E-state index is -0.687. The van der Waals surface area contributed by atoms with Gasteiger partial charge in [-0.1, -0.05) is 13.8 Å². The first-order valence-corrected chi connectivity index (χ1v) is 11.1. The molecule has 0 saturated carbocycles. The number of hydrogen-bond donors (Lipinski definition) is 4. The van der Waals surface area contributed by atoms with Gasteiger partial charge in [-0.15, -0.1) is 0 Å². The van der Waals surface area contributed by atoms with E-state index in [0.717, 1.165) is 61.6 Å². The minimum absolute atomic E-state index is 0.245. The Kier molecular flexibility index (Phi) is 5.47. The summed E-state index contributed by atoms with van der Waals surface area (Å²) in [6.45, 7) is 9.13. The molecule has 164 valence electrons. The van der Waals surface area contributed by atoms with Gasteiger partial charge in [0.05, 0.1) is 17.6 Å². The predicted molar refractivity (Wildman–Crippen MR) is 122 cm³/mol. The SMILES string of the molecule is CC(C)CC1CNC(O)c2cc3cnc(Nc4ccc(N5CCNCC5)cn4)nc3n21. The van der Waals surface area contributed by atoms with E-state index in [1.165, 1.54) is 0 Å². The van der Waals surface area contributed by atoms with E-state index in [2.05, 4.69) is 55.3 Å². The van der Waals surface area contributed by atoms with Crippen LogP contribution < -0.4 is 20.9 Å². The van der Waals surface area contributed by atoms with Gasteiger partial charge < -0.3 is 25.2 Å². The van der Waals surface area contributed by atoms with Crippen LogP contribution in [-0.4, -0.2) is 57.3 Å². The molecule has 5 heterocycles. The van der Waals surface area contributed by atoms with Crippen LogP contribution in [0.5, 0.6) is 0 Å². The first kappa shape index (κ1) is 20.2. The summed E-state index contributed by atoms with van der Waals surface area (Å²) < 4.78 is 2.17. The highest BCUT2D eigenvalue weighted by atomic mass is 16.3. The van der Waals surface area contributed by atoms with Gasteiger partial charge in [-0.05, 0) is 30.5 Å². The average Bonchev–Trinajstić information content (AvgIpc) is 3.17. The van der Waals surface area contributed by atoms with E-state index in [4.69, 9.17) is 4.98 Å². The second-order valence-corrected chi connectivity index (χ2v) is 8.77. The van der Waals surface area contributed by atoms with Crippen molar-refractivity contribution in [2.45, 2.75) is 32.5 Å². The van der Waals surface area contributed by atoms with Crippen molar-refractivity contribution in [2.24, 2.45) is 5.92 Å². The number of aliphatic hydroxyl groups excluding tert-OH is 1.